The van der Waals surface area contributed by atoms with E-state index in [2.05, 4.69) is 0 Å². The molecule has 0 bridgehead atoms. The van der Waals surface area contributed by atoms with Crippen molar-refractivity contribution < 1.29 is 13.2 Å². The average Bonchev–Trinajstić information content (AvgIpc) is 2.29. The van der Waals surface area contributed by atoms with Crippen molar-refractivity contribution in [2.75, 3.05) is 27.3 Å². The van der Waals surface area contributed by atoms with E-state index in [1.54, 1.807) is 19.2 Å². The highest BCUT2D eigenvalue weighted by molar-refractivity contribution is 7.88. The molecule has 18 heavy (non-hydrogen) atoms. The van der Waals surface area contributed by atoms with Gasteiger partial charge in [-0.3, -0.25) is 0 Å². The SMILES string of the molecule is COCC(N)CN(C)S(=O)(=O)Cc1ccccc1. The summed E-state index contributed by atoms with van der Waals surface area (Å²) < 4.78 is 30.3. The molecular formula is C12H20N2O3S. The Morgan fingerprint density at radius 1 is 1.33 bits per heavy atom. The van der Waals surface area contributed by atoms with E-state index < -0.39 is 10.0 Å². The quantitative estimate of drug-likeness (QED) is 0.781. The van der Waals surface area contributed by atoms with Crippen LogP contribution in [0.1, 0.15) is 5.56 Å². The van der Waals surface area contributed by atoms with Gasteiger partial charge in [-0.2, -0.15) is 0 Å². The highest BCUT2D eigenvalue weighted by atomic mass is 32.2. The minimum Gasteiger partial charge on any atom is -0.383 e. The van der Waals surface area contributed by atoms with Crippen LogP contribution in [0.4, 0.5) is 0 Å². The number of hydrogen-bond acceptors (Lipinski definition) is 4. The first-order chi connectivity index (χ1) is 8.45. The maximum atomic E-state index is 12.1. The molecule has 102 valence electrons. The van der Waals surface area contributed by atoms with Gasteiger partial charge in [-0.1, -0.05) is 30.3 Å². The number of ether oxygens (including phenoxy) is 1. The van der Waals surface area contributed by atoms with Crippen LogP contribution < -0.4 is 5.73 Å². The summed E-state index contributed by atoms with van der Waals surface area (Å²) in [6.45, 7) is 0.591. The van der Waals surface area contributed by atoms with E-state index in [0.29, 0.717) is 6.61 Å². The molecule has 0 saturated heterocycles. The van der Waals surface area contributed by atoms with Gasteiger partial charge in [-0.05, 0) is 5.56 Å². The van der Waals surface area contributed by atoms with Gasteiger partial charge in [0.05, 0.1) is 12.4 Å². The van der Waals surface area contributed by atoms with E-state index in [1.165, 1.54) is 11.4 Å². The normalized spacial score (nSPS) is 13.8. The molecule has 0 aliphatic carbocycles. The van der Waals surface area contributed by atoms with Crippen LogP contribution in [0, 0.1) is 0 Å². The molecule has 0 spiro atoms. The summed E-state index contributed by atoms with van der Waals surface area (Å²) in [6, 6.07) is 8.77. The van der Waals surface area contributed by atoms with Crippen LogP contribution in [0.2, 0.25) is 0 Å². The van der Waals surface area contributed by atoms with Crippen LogP contribution in [0.15, 0.2) is 30.3 Å². The molecule has 0 aliphatic rings. The van der Waals surface area contributed by atoms with Crippen molar-refractivity contribution in [3.05, 3.63) is 35.9 Å². The number of nitrogens with zero attached hydrogens (tertiary/aromatic N) is 1. The molecule has 0 radical (unpaired) electrons. The molecule has 0 amide bonds. The molecule has 2 N–H and O–H groups in total. The van der Waals surface area contributed by atoms with Gasteiger partial charge in [0.1, 0.15) is 0 Å². The second-order valence-corrected chi connectivity index (χ2v) is 6.31. The molecule has 5 nitrogen and oxygen atoms in total. The lowest BCUT2D eigenvalue weighted by atomic mass is 10.2. The van der Waals surface area contributed by atoms with Gasteiger partial charge >= 0.3 is 0 Å². The second kappa shape index (κ2) is 6.84. The number of likely N-dealkylation sites (N-methyl/N-ethyl adjacent to an activating group) is 1. The predicted octanol–water partition coefficient (Wildman–Crippen LogP) is 0.422. The summed E-state index contributed by atoms with van der Waals surface area (Å²) in [5.74, 6) is -0.00988. The van der Waals surface area contributed by atoms with E-state index >= 15 is 0 Å². The summed E-state index contributed by atoms with van der Waals surface area (Å²) in [6.07, 6.45) is 0. The zero-order valence-electron chi connectivity index (χ0n) is 10.7. The molecule has 0 aliphatic heterocycles. The van der Waals surface area contributed by atoms with Crippen molar-refractivity contribution in [3.8, 4) is 0 Å². The summed E-state index contributed by atoms with van der Waals surface area (Å²) in [5, 5.41) is 0. The lowest BCUT2D eigenvalue weighted by Crippen LogP contribution is -2.41. The van der Waals surface area contributed by atoms with Gasteiger partial charge in [-0.25, -0.2) is 12.7 Å². The van der Waals surface area contributed by atoms with Crippen molar-refractivity contribution >= 4 is 10.0 Å². The maximum absolute atomic E-state index is 12.1. The Hall–Kier alpha value is -0.950. The minimum absolute atomic E-state index is 0.00988. The average molecular weight is 272 g/mol. The zero-order chi connectivity index (χ0) is 13.6. The molecule has 0 fully saturated rings. The Morgan fingerprint density at radius 3 is 2.50 bits per heavy atom. The van der Waals surface area contributed by atoms with Gasteiger partial charge in [0, 0.05) is 26.7 Å². The van der Waals surface area contributed by atoms with Crippen molar-refractivity contribution in [2.45, 2.75) is 11.8 Å². The molecule has 1 aromatic carbocycles. The zero-order valence-corrected chi connectivity index (χ0v) is 11.6. The highest BCUT2D eigenvalue weighted by Gasteiger charge is 2.20. The van der Waals surface area contributed by atoms with Crippen molar-refractivity contribution in [1.82, 2.24) is 4.31 Å². The van der Waals surface area contributed by atoms with Gasteiger partial charge < -0.3 is 10.5 Å². The Morgan fingerprint density at radius 2 is 1.94 bits per heavy atom. The lowest BCUT2D eigenvalue weighted by Gasteiger charge is -2.20. The van der Waals surface area contributed by atoms with Gasteiger partial charge in [0.15, 0.2) is 0 Å². The van der Waals surface area contributed by atoms with Gasteiger partial charge in [-0.15, -0.1) is 0 Å². The van der Waals surface area contributed by atoms with Crippen LogP contribution >= 0.6 is 0 Å². The van der Waals surface area contributed by atoms with E-state index in [-0.39, 0.29) is 18.3 Å². The number of nitrogens with two attached hydrogens (primary N) is 1. The standard InChI is InChI=1S/C12H20N2O3S/c1-14(8-12(13)9-17-2)18(15,16)10-11-6-4-3-5-7-11/h3-7,12H,8-10,13H2,1-2H3. The Kier molecular flexibility index (Phi) is 5.74. The molecule has 0 heterocycles. The molecule has 0 aromatic heterocycles. The molecule has 1 rings (SSSR count). The minimum atomic E-state index is -3.33. The summed E-state index contributed by atoms with van der Waals surface area (Å²) in [4.78, 5) is 0. The van der Waals surface area contributed by atoms with Crippen LogP contribution in [0.5, 0.6) is 0 Å². The predicted molar refractivity (Wildman–Crippen MR) is 71.5 cm³/mol. The number of sulfonamides is 1. The van der Waals surface area contributed by atoms with E-state index in [4.69, 9.17) is 10.5 Å². The van der Waals surface area contributed by atoms with Crippen LogP contribution in [0.25, 0.3) is 0 Å². The number of hydrogen-bond donors (Lipinski definition) is 1. The monoisotopic (exact) mass is 272 g/mol. The molecular weight excluding hydrogens is 252 g/mol. The summed E-state index contributed by atoms with van der Waals surface area (Å²) in [5.41, 5.74) is 6.51. The molecule has 1 atom stereocenters. The summed E-state index contributed by atoms with van der Waals surface area (Å²) >= 11 is 0. The third kappa shape index (κ3) is 4.73. The van der Waals surface area contributed by atoms with Crippen molar-refractivity contribution in [1.29, 1.82) is 0 Å². The Labute approximate surface area is 109 Å². The lowest BCUT2D eigenvalue weighted by molar-refractivity contribution is 0.173. The van der Waals surface area contributed by atoms with E-state index in [9.17, 15) is 8.42 Å². The number of benzene rings is 1. The largest absolute Gasteiger partial charge is 0.383 e. The van der Waals surface area contributed by atoms with E-state index in [1.807, 2.05) is 18.2 Å². The summed E-state index contributed by atoms with van der Waals surface area (Å²) in [7, 11) is -0.253. The van der Waals surface area contributed by atoms with Crippen molar-refractivity contribution in [3.63, 3.8) is 0 Å². The molecule has 0 saturated carbocycles. The third-order valence-corrected chi connectivity index (χ3v) is 4.34. The second-order valence-electron chi connectivity index (χ2n) is 4.24. The fraction of sp³-hybridized carbons (Fsp3) is 0.500. The van der Waals surface area contributed by atoms with Crippen LogP contribution in [0.3, 0.4) is 0 Å². The van der Waals surface area contributed by atoms with E-state index in [0.717, 1.165) is 5.56 Å². The fourth-order valence-corrected chi connectivity index (χ4v) is 2.86. The molecule has 1 unspecified atom stereocenters. The molecule has 6 heteroatoms. The first-order valence-corrected chi connectivity index (χ1v) is 7.29. The topological polar surface area (TPSA) is 72.6 Å². The maximum Gasteiger partial charge on any atom is 0.218 e. The smallest absolute Gasteiger partial charge is 0.218 e. The first kappa shape index (κ1) is 15.1. The fourth-order valence-electron chi connectivity index (χ4n) is 1.61. The van der Waals surface area contributed by atoms with Crippen LogP contribution in [-0.4, -0.2) is 46.1 Å². The number of rotatable bonds is 7. The Bertz CT molecular complexity index is 448. The highest BCUT2D eigenvalue weighted by Crippen LogP contribution is 2.09. The third-order valence-electron chi connectivity index (χ3n) is 2.54. The number of methoxy groups -OCH3 is 1. The Balaban J connectivity index is 2.63. The van der Waals surface area contributed by atoms with Crippen molar-refractivity contribution in [2.24, 2.45) is 5.73 Å². The first-order valence-electron chi connectivity index (χ1n) is 5.68. The van der Waals surface area contributed by atoms with Gasteiger partial charge in [0.25, 0.3) is 0 Å². The van der Waals surface area contributed by atoms with Gasteiger partial charge in [0.2, 0.25) is 10.0 Å². The van der Waals surface area contributed by atoms with Crippen LogP contribution in [-0.2, 0) is 20.5 Å². The molecule has 1 aromatic rings.